The number of carbonyl (C=O) groups is 1. The van der Waals surface area contributed by atoms with Gasteiger partial charge in [-0.05, 0) is 67.5 Å². The molecule has 2 N–H and O–H groups in total. The maximum absolute atomic E-state index is 12.8. The number of unbranched alkanes of at least 4 members (excludes halogenated alkanes) is 2. The van der Waals surface area contributed by atoms with Crippen LogP contribution in [0.1, 0.15) is 31.2 Å². The van der Waals surface area contributed by atoms with Gasteiger partial charge in [-0.25, -0.2) is 4.39 Å². The molecule has 0 bridgehead atoms. The molecule has 24 heavy (non-hydrogen) atoms. The van der Waals surface area contributed by atoms with Crippen molar-refractivity contribution >= 4 is 23.4 Å². The van der Waals surface area contributed by atoms with Crippen LogP contribution in [0.5, 0.6) is 5.75 Å². The summed E-state index contributed by atoms with van der Waals surface area (Å²) in [5, 5.41) is 12.5. The van der Waals surface area contributed by atoms with Crippen LogP contribution in [0.4, 0.5) is 10.1 Å². The van der Waals surface area contributed by atoms with E-state index in [4.69, 9.17) is 0 Å². The average molecular weight is 347 g/mol. The number of hydrogen-bond acceptors (Lipinski definition) is 3. The Hall–Kier alpha value is -2.01. The lowest BCUT2D eigenvalue weighted by Gasteiger charge is -2.08. The second-order valence-corrected chi connectivity index (χ2v) is 6.85. The zero-order valence-electron chi connectivity index (χ0n) is 13.7. The SMILES string of the molecule is Cc1ccc(O)c(NC(=O)CCCCCSc2ccc(F)cc2)c1. The van der Waals surface area contributed by atoms with Crippen molar-refractivity contribution < 1.29 is 14.3 Å². The van der Waals surface area contributed by atoms with Crippen LogP contribution < -0.4 is 5.32 Å². The number of amides is 1. The van der Waals surface area contributed by atoms with Gasteiger partial charge in [-0.1, -0.05) is 12.5 Å². The minimum Gasteiger partial charge on any atom is -0.506 e. The first kappa shape index (κ1) is 18.3. The van der Waals surface area contributed by atoms with Crippen LogP contribution in [0.3, 0.4) is 0 Å². The number of thioether (sulfide) groups is 1. The molecule has 0 aliphatic rings. The number of phenolic OH excluding ortho intramolecular Hbond substituents is 1. The lowest BCUT2D eigenvalue weighted by atomic mass is 10.1. The minimum atomic E-state index is -0.218. The Morgan fingerprint density at radius 2 is 1.88 bits per heavy atom. The molecule has 0 heterocycles. The molecule has 0 unspecified atom stereocenters. The molecule has 2 aromatic carbocycles. The molecule has 128 valence electrons. The van der Waals surface area contributed by atoms with Crippen LogP contribution in [-0.4, -0.2) is 16.8 Å². The van der Waals surface area contributed by atoms with Gasteiger partial charge in [0, 0.05) is 11.3 Å². The van der Waals surface area contributed by atoms with Crippen molar-refractivity contribution in [2.24, 2.45) is 0 Å². The van der Waals surface area contributed by atoms with Crippen molar-refractivity contribution in [2.75, 3.05) is 11.1 Å². The maximum Gasteiger partial charge on any atom is 0.224 e. The molecule has 0 atom stereocenters. The standard InChI is InChI=1S/C19H22FNO2S/c1-14-6-11-18(22)17(13-14)21-19(23)5-3-2-4-12-24-16-9-7-15(20)8-10-16/h6-11,13,22H,2-5,12H2,1H3,(H,21,23). The summed E-state index contributed by atoms with van der Waals surface area (Å²) in [7, 11) is 0. The van der Waals surface area contributed by atoms with Gasteiger partial charge in [-0.2, -0.15) is 0 Å². The van der Waals surface area contributed by atoms with Crippen LogP contribution in [0, 0.1) is 12.7 Å². The third-order valence-corrected chi connectivity index (χ3v) is 4.65. The molecule has 5 heteroatoms. The van der Waals surface area contributed by atoms with Gasteiger partial charge < -0.3 is 10.4 Å². The lowest BCUT2D eigenvalue weighted by molar-refractivity contribution is -0.116. The fraction of sp³-hybridized carbons (Fsp3) is 0.316. The van der Waals surface area contributed by atoms with E-state index in [0.29, 0.717) is 12.1 Å². The van der Waals surface area contributed by atoms with Gasteiger partial charge in [0.2, 0.25) is 5.91 Å². The van der Waals surface area contributed by atoms with E-state index < -0.39 is 0 Å². The highest BCUT2D eigenvalue weighted by Crippen LogP contribution is 2.24. The van der Waals surface area contributed by atoms with Gasteiger partial charge in [-0.3, -0.25) is 4.79 Å². The summed E-state index contributed by atoms with van der Waals surface area (Å²) >= 11 is 1.69. The van der Waals surface area contributed by atoms with Crippen molar-refractivity contribution in [1.82, 2.24) is 0 Å². The molecule has 0 aliphatic heterocycles. The molecule has 1 amide bonds. The molecule has 0 fully saturated rings. The number of hydrogen-bond donors (Lipinski definition) is 2. The summed E-state index contributed by atoms with van der Waals surface area (Å²) < 4.78 is 12.8. The number of carbonyl (C=O) groups excluding carboxylic acids is 1. The molecule has 0 spiro atoms. The topological polar surface area (TPSA) is 49.3 Å². The zero-order valence-corrected chi connectivity index (χ0v) is 14.5. The summed E-state index contributed by atoms with van der Waals surface area (Å²) in [6, 6.07) is 11.6. The van der Waals surface area contributed by atoms with Crippen LogP contribution in [0.2, 0.25) is 0 Å². The third kappa shape index (κ3) is 6.24. The molecule has 0 radical (unpaired) electrons. The highest BCUT2D eigenvalue weighted by atomic mass is 32.2. The van der Waals surface area contributed by atoms with E-state index in [0.717, 1.165) is 35.5 Å². The fourth-order valence-electron chi connectivity index (χ4n) is 2.25. The summed E-state index contributed by atoms with van der Waals surface area (Å²) in [6.45, 7) is 1.91. The number of rotatable bonds is 8. The van der Waals surface area contributed by atoms with E-state index in [2.05, 4.69) is 5.32 Å². The van der Waals surface area contributed by atoms with Gasteiger partial charge >= 0.3 is 0 Å². The predicted octanol–water partition coefficient (Wildman–Crippen LogP) is 5.13. The second-order valence-electron chi connectivity index (χ2n) is 5.68. The van der Waals surface area contributed by atoms with Gasteiger partial charge in [0.25, 0.3) is 0 Å². The van der Waals surface area contributed by atoms with E-state index in [1.165, 1.54) is 12.1 Å². The molecular weight excluding hydrogens is 325 g/mol. The predicted molar refractivity (Wildman–Crippen MR) is 97.1 cm³/mol. The molecule has 2 rings (SSSR count). The van der Waals surface area contributed by atoms with Crippen molar-refractivity contribution in [2.45, 2.75) is 37.5 Å². The molecule has 0 aromatic heterocycles. The Morgan fingerprint density at radius 3 is 2.62 bits per heavy atom. The number of aryl methyl sites for hydroxylation is 1. The Kier molecular flexibility index (Phi) is 7.12. The number of nitrogens with one attached hydrogen (secondary N) is 1. The van der Waals surface area contributed by atoms with Gasteiger partial charge in [0.15, 0.2) is 0 Å². The van der Waals surface area contributed by atoms with Crippen LogP contribution in [-0.2, 0) is 4.79 Å². The molecule has 0 aliphatic carbocycles. The quantitative estimate of drug-likeness (QED) is 0.395. The molecule has 0 saturated carbocycles. The smallest absolute Gasteiger partial charge is 0.224 e. The van der Waals surface area contributed by atoms with Crippen molar-refractivity contribution in [3.8, 4) is 5.75 Å². The summed E-state index contributed by atoms with van der Waals surface area (Å²) in [5.74, 6) is 0.739. The number of phenols is 1. The second kappa shape index (κ2) is 9.33. The normalized spacial score (nSPS) is 10.6. The lowest BCUT2D eigenvalue weighted by Crippen LogP contribution is -2.11. The maximum atomic E-state index is 12.8. The summed E-state index contributed by atoms with van der Waals surface area (Å²) in [6.07, 6.45) is 3.21. The Labute approximate surface area is 146 Å². The van der Waals surface area contributed by atoms with Crippen LogP contribution in [0.25, 0.3) is 0 Å². The Bertz CT molecular complexity index is 674. The van der Waals surface area contributed by atoms with E-state index in [-0.39, 0.29) is 17.5 Å². The van der Waals surface area contributed by atoms with Crippen LogP contribution >= 0.6 is 11.8 Å². The fourth-order valence-corrected chi connectivity index (χ4v) is 3.16. The zero-order chi connectivity index (χ0) is 17.4. The van der Waals surface area contributed by atoms with Gasteiger partial charge in [-0.15, -0.1) is 11.8 Å². The first-order valence-electron chi connectivity index (χ1n) is 8.02. The van der Waals surface area contributed by atoms with Crippen molar-refractivity contribution in [3.63, 3.8) is 0 Å². The van der Waals surface area contributed by atoms with Crippen molar-refractivity contribution in [1.29, 1.82) is 0 Å². The first-order chi connectivity index (χ1) is 11.5. The Morgan fingerprint density at radius 1 is 1.12 bits per heavy atom. The van der Waals surface area contributed by atoms with Gasteiger partial charge in [0.1, 0.15) is 11.6 Å². The number of benzene rings is 2. The molecule has 0 saturated heterocycles. The monoisotopic (exact) mass is 347 g/mol. The van der Waals surface area contributed by atoms with E-state index in [9.17, 15) is 14.3 Å². The highest BCUT2D eigenvalue weighted by Gasteiger charge is 2.06. The van der Waals surface area contributed by atoms with Crippen LogP contribution in [0.15, 0.2) is 47.4 Å². The minimum absolute atomic E-state index is 0.0814. The molecular formula is C19H22FNO2S. The number of anilines is 1. The summed E-state index contributed by atoms with van der Waals surface area (Å²) in [5.41, 5.74) is 1.45. The Balaban J connectivity index is 1.61. The average Bonchev–Trinajstić information content (AvgIpc) is 2.56. The molecule has 2 aromatic rings. The van der Waals surface area contributed by atoms with E-state index in [1.807, 2.05) is 6.92 Å². The first-order valence-corrected chi connectivity index (χ1v) is 9.01. The number of halogens is 1. The highest BCUT2D eigenvalue weighted by molar-refractivity contribution is 7.99. The summed E-state index contributed by atoms with van der Waals surface area (Å²) in [4.78, 5) is 13.0. The largest absolute Gasteiger partial charge is 0.506 e. The van der Waals surface area contributed by atoms with Crippen molar-refractivity contribution in [3.05, 3.63) is 53.8 Å². The van der Waals surface area contributed by atoms with E-state index >= 15 is 0 Å². The van der Waals surface area contributed by atoms with E-state index in [1.54, 1.807) is 42.1 Å². The molecule has 3 nitrogen and oxygen atoms in total. The number of aromatic hydroxyl groups is 1. The third-order valence-electron chi connectivity index (χ3n) is 3.56. The van der Waals surface area contributed by atoms with Gasteiger partial charge in [0.05, 0.1) is 5.69 Å².